The van der Waals surface area contributed by atoms with Crippen LogP contribution in [0.3, 0.4) is 0 Å². The van der Waals surface area contributed by atoms with Crippen molar-refractivity contribution in [3.8, 4) is 5.75 Å². The lowest BCUT2D eigenvalue weighted by Gasteiger charge is -2.36. The lowest BCUT2D eigenvalue weighted by atomic mass is 10.0. The number of methoxy groups -OCH3 is 1. The summed E-state index contributed by atoms with van der Waals surface area (Å²) in [5.74, 6) is 0.0159. The summed E-state index contributed by atoms with van der Waals surface area (Å²) in [5, 5.41) is 6.17. The maximum absolute atomic E-state index is 12.6. The highest BCUT2D eigenvalue weighted by Crippen LogP contribution is 2.21. The lowest BCUT2D eigenvalue weighted by Crippen LogP contribution is -2.51. The van der Waals surface area contributed by atoms with E-state index in [4.69, 9.17) is 16.3 Å². The monoisotopic (exact) mass is 472 g/mol. The van der Waals surface area contributed by atoms with Crippen molar-refractivity contribution in [3.63, 3.8) is 0 Å². The van der Waals surface area contributed by atoms with Crippen LogP contribution in [-0.4, -0.2) is 62.5 Å². The van der Waals surface area contributed by atoms with Gasteiger partial charge in [0.25, 0.3) is 0 Å². The normalized spacial score (nSPS) is 14.4. The largest absolute Gasteiger partial charge is 0.497 e. The SMILES string of the molecule is COc1ccc(C(CC(=O)NCC(=O)N2CCN(c3ccc(Cl)cc3)CC2)NC(C)=O)cc1. The zero-order valence-corrected chi connectivity index (χ0v) is 19.6. The number of rotatable bonds is 8. The molecule has 0 aliphatic carbocycles. The zero-order valence-electron chi connectivity index (χ0n) is 18.8. The topological polar surface area (TPSA) is 91.0 Å². The highest BCUT2D eigenvalue weighted by molar-refractivity contribution is 6.30. The summed E-state index contributed by atoms with van der Waals surface area (Å²) < 4.78 is 5.15. The molecule has 1 aliphatic heterocycles. The molecule has 2 aromatic rings. The maximum Gasteiger partial charge on any atom is 0.242 e. The van der Waals surface area contributed by atoms with Gasteiger partial charge in [-0.05, 0) is 42.0 Å². The molecular formula is C24H29ClN4O4. The second kappa shape index (κ2) is 11.6. The summed E-state index contributed by atoms with van der Waals surface area (Å²) in [5.41, 5.74) is 1.85. The number of nitrogens with zero attached hydrogens (tertiary/aromatic N) is 2. The summed E-state index contributed by atoms with van der Waals surface area (Å²) in [6.07, 6.45) is 0.0313. The van der Waals surface area contributed by atoms with E-state index in [-0.39, 0.29) is 30.7 Å². The van der Waals surface area contributed by atoms with Gasteiger partial charge in [-0.25, -0.2) is 0 Å². The van der Waals surface area contributed by atoms with Crippen LogP contribution in [0, 0.1) is 0 Å². The van der Waals surface area contributed by atoms with Gasteiger partial charge in [-0.2, -0.15) is 0 Å². The van der Waals surface area contributed by atoms with Crippen molar-refractivity contribution in [2.75, 3.05) is 44.7 Å². The third-order valence-electron chi connectivity index (χ3n) is 5.55. The molecule has 2 aromatic carbocycles. The fourth-order valence-electron chi connectivity index (χ4n) is 3.74. The minimum absolute atomic E-state index is 0.0313. The molecule has 0 spiro atoms. The molecule has 0 radical (unpaired) electrons. The predicted molar refractivity (Wildman–Crippen MR) is 127 cm³/mol. The van der Waals surface area contributed by atoms with E-state index >= 15 is 0 Å². The number of halogens is 1. The van der Waals surface area contributed by atoms with E-state index in [1.807, 2.05) is 24.3 Å². The first kappa shape index (κ1) is 24.4. The minimum Gasteiger partial charge on any atom is -0.497 e. The summed E-state index contributed by atoms with van der Waals surface area (Å²) in [6.45, 7) is 3.92. The van der Waals surface area contributed by atoms with Crippen molar-refractivity contribution in [2.24, 2.45) is 0 Å². The van der Waals surface area contributed by atoms with Crippen LogP contribution in [0.2, 0.25) is 5.02 Å². The smallest absolute Gasteiger partial charge is 0.242 e. The van der Waals surface area contributed by atoms with Crippen LogP contribution in [-0.2, 0) is 14.4 Å². The number of benzene rings is 2. The van der Waals surface area contributed by atoms with Crippen LogP contribution in [0.5, 0.6) is 5.75 Å². The first-order valence-corrected chi connectivity index (χ1v) is 11.2. The third kappa shape index (κ3) is 7.12. The van der Waals surface area contributed by atoms with Gasteiger partial charge in [-0.1, -0.05) is 23.7 Å². The average Bonchev–Trinajstić information content (AvgIpc) is 2.82. The molecule has 1 unspecified atom stereocenters. The Kier molecular flexibility index (Phi) is 8.54. The van der Waals surface area contributed by atoms with Gasteiger partial charge in [0.1, 0.15) is 5.75 Å². The van der Waals surface area contributed by atoms with Crippen LogP contribution in [0.4, 0.5) is 5.69 Å². The standard InChI is InChI=1S/C24H29ClN4O4/c1-17(30)27-22(18-3-9-21(33-2)10-4-18)15-23(31)26-16-24(32)29-13-11-28(12-14-29)20-7-5-19(25)6-8-20/h3-10,22H,11-16H2,1-2H3,(H,26,31)(H,27,30). The highest BCUT2D eigenvalue weighted by atomic mass is 35.5. The molecular weight excluding hydrogens is 444 g/mol. The number of ether oxygens (including phenoxy) is 1. The van der Waals surface area contributed by atoms with Crippen molar-refractivity contribution in [2.45, 2.75) is 19.4 Å². The predicted octanol–water partition coefficient (Wildman–Crippen LogP) is 2.38. The van der Waals surface area contributed by atoms with Crippen LogP contribution in [0.25, 0.3) is 0 Å². The van der Waals surface area contributed by atoms with Crippen LogP contribution in [0.1, 0.15) is 24.9 Å². The van der Waals surface area contributed by atoms with E-state index < -0.39 is 6.04 Å². The van der Waals surface area contributed by atoms with Gasteiger partial charge < -0.3 is 25.2 Å². The number of hydrogen-bond donors (Lipinski definition) is 2. The number of amides is 3. The van der Waals surface area contributed by atoms with E-state index in [1.54, 1.807) is 36.3 Å². The van der Waals surface area contributed by atoms with Crippen molar-refractivity contribution < 1.29 is 19.1 Å². The fourth-order valence-corrected chi connectivity index (χ4v) is 3.87. The molecule has 8 nitrogen and oxygen atoms in total. The number of anilines is 1. The molecule has 1 atom stereocenters. The first-order chi connectivity index (χ1) is 15.9. The lowest BCUT2D eigenvalue weighted by molar-refractivity contribution is -0.133. The number of nitrogens with one attached hydrogen (secondary N) is 2. The molecule has 9 heteroatoms. The van der Waals surface area contributed by atoms with Gasteiger partial charge in [0.05, 0.1) is 26.1 Å². The van der Waals surface area contributed by atoms with Crippen molar-refractivity contribution in [1.82, 2.24) is 15.5 Å². The summed E-state index contributed by atoms with van der Waals surface area (Å²) in [7, 11) is 1.57. The van der Waals surface area contributed by atoms with Crippen molar-refractivity contribution in [1.29, 1.82) is 0 Å². The Balaban J connectivity index is 1.48. The molecule has 176 valence electrons. The van der Waals surface area contributed by atoms with Gasteiger partial charge in [0.15, 0.2) is 0 Å². The van der Waals surface area contributed by atoms with Crippen LogP contribution < -0.4 is 20.3 Å². The van der Waals surface area contributed by atoms with E-state index in [9.17, 15) is 14.4 Å². The Bertz CT molecular complexity index is 957. The molecule has 0 aromatic heterocycles. The first-order valence-electron chi connectivity index (χ1n) is 10.8. The minimum atomic E-state index is -0.494. The number of hydrogen-bond acceptors (Lipinski definition) is 5. The summed E-state index contributed by atoms with van der Waals surface area (Å²) >= 11 is 5.95. The zero-order chi connectivity index (χ0) is 23.8. The second-order valence-electron chi connectivity index (χ2n) is 7.85. The van der Waals surface area contributed by atoms with Crippen LogP contribution in [0.15, 0.2) is 48.5 Å². The van der Waals surface area contributed by atoms with E-state index in [2.05, 4.69) is 15.5 Å². The second-order valence-corrected chi connectivity index (χ2v) is 8.29. The molecule has 1 aliphatic rings. The molecule has 0 bridgehead atoms. The molecule has 1 fully saturated rings. The average molecular weight is 473 g/mol. The Morgan fingerprint density at radius 3 is 2.21 bits per heavy atom. The maximum atomic E-state index is 12.6. The van der Waals surface area contributed by atoms with Crippen LogP contribution >= 0.6 is 11.6 Å². The number of carbonyl (C=O) groups is 3. The number of carbonyl (C=O) groups excluding carboxylic acids is 3. The number of piperazine rings is 1. The van der Waals surface area contributed by atoms with E-state index in [0.717, 1.165) is 11.3 Å². The molecule has 3 amide bonds. The third-order valence-corrected chi connectivity index (χ3v) is 5.80. The Morgan fingerprint density at radius 2 is 1.64 bits per heavy atom. The molecule has 33 heavy (non-hydrogen) atoms. The van der Waals surface area contributed by atoms with Crippen molar-refractivity contribution >= 4 is 35.0 Å². The van der Waals surface area contributed by atoms with E-state index in [1.165, 1.54) is 6.92 Å². The van der Waals surface area contributed by atoms with Gasteiger partial charge in [0.2, 0.25) is 17.7 Å². The summed E-state index contributed by atoms with van der Waals surface area (Å²) in [4.78, 5) is 40.7. The quantitative estimate of drug-likeness (QED) is 0.615. The summed E-state index contributed by atoms with van der Waals surface area (Å²) in [6, 6.07) is 14.3. The molecule has 0 saturated carbocycles. The van der Waals surface area contributed by atoms with Gasteiger partial charge in [0, 0.05) is 43.8 Å². The van der Waals surface area contributed by atoms with Gasteiger partial charge in [-0.15, -0.1) is 0 Å². The van der Waals surface area contributed by atoms with Gasteiger partial charge in [-0.3, -0.25) is 14.4 Å². The highest BCUT2D eigenvalue weighted by Gasteiger charge is 2.23. The van der Waals surface area contributed by atoms with Crippen molar-refractivity contribution in [3.05, 3.63) is 59.1 Å². The fraction of sp³-hybridized carbons (Fsp3) is 0.375. The van der Waals surface area contributed by atoms with E-state index in [0.29, 0.717) is 37.0 Å². The molecule has 3 rings (SSSR count). The molecule has 1 saturated heterocycles. The Hall–Kier alpha value is -3.26. The molecule has 2 N–H and O–H groups in total. The Morgan fingerprint density at radius 1 is 1.00 bits per heavy atom. The molecule has 1 heterocycles. The van der Waals surface area contributed by atoms with Gasteiger partial charge >= 0.3 is 0 Å². The Labute approximate surface area is 198 Å².